The van der Waals surface area contributed by atoms with Crippen LogP contribution >= 0.6 is 11.6 Å². The van der Waals surface area contributed by atoms with Crippen LogP contribution in [0.4, 0.5) is 5.69 Å². The minimum atomic E-state index is -3.86. The Kier molecular flexibility index (Phi) is 9.72. The normalized spacial score (nSPS) is 11.7. The molecule has 0 atom stereocenters. The van der Waals surface area contributed by atoms with Gasteiger partial charge < -0.3 is 9.73 Å². The quantitative estimate of drug-likeness (QED) is 0.142. The Morgan fingerprint density at radius 3 is 2.24 bits per heavy atom. The Labute approximate surface area is 243 Å². The summed E-state index contributed by atoms with van der Waals surface area (Å²) in [6.07, 6.45) is 1.22. The van der Waals surface area contributed by atoms with E-state index in [1.165, 1.54) is 22.7 Å². The average Bonchev–Trinajstić information content (AvgIpc) is 3.41. The van der Waals surface area contributed by atoms with Gasteiger partial charge in [-0.1, -0.05) is 67.9 Å². The molecule has 0 saturated carbocycles. The molecule has 0 aliphatic rings. The number of nitrogens with zero attached hydrogens (tertiary/aromatic N) is 2. The number of anilines is 1. The maximum Gasteiger partial charge on any atom is 0.329 e. The lowest BCUT2D eigenvalue weighted by atomic mass is 10.0. The maximum atomic E-state index is 13.4. The van der Waals surface area contributed by atoms with Crippen LogP contribution in [-0.4, -0.2) is 30.8 Å². The molecule has 11 heteroatoms. The predicted octanol–water partition coefficient (Wildman–Crippen LogP) is 5.54. The Hall–Kier alpha value is -4.25. The monoisotopic (exact) mass is 592 g/mol. The van der Waals surface area contributed by atoms with Crippen molar-refractivity contribution in [2.75, 3.05) is 5.32 Å². The first kappa shape index (κ1) is 29.7. The van der Waals surface area contributed by atoms with E-state index in [1.807, 2.05) is 12.1 Å². The summed E-state index contributed by atoms with van der Waals surface area (Å²) < 4.78 is 33.9. The lowest BCUT2D eigenvalue weighted by Crippen LogP contribution is -2.32. The Balaban J connectivity index is 1.40. The number of hydrogen-bond acceptors (Lipinski definition) is 6. The van der Waals surface area contributed by atoms with Gasteiger partial charge in [-0.25, -0.2) is 13.8 Å². The first-order chi connectivity index (χ1) is 19.6. The number of furan rings is 1. The van der Waals surface area contributed by atoms with Crippen molar-refractivity contribution in [3.63, 3.8) is 0 Å². The zero-order valence-corrected chi connectivity index (χ0v) is 24.0. The van der Waals surface area contributed by atoms with Crippen molar-refractivity contribution in [2.24, 2.45) is 5.10 Å². The number of halogens is 1. The number of rotatable bonds is 10. The molecule has 4 rings (SSSR count). The van der Waals surface area contributed by atoms with Gasteiger partial charge in [0.1, 0.15) is 11.5 Å². The number of carbonyl (C=O) groups excluding carboxylic acids is 2. The number of carbonyl (C=O) groups is 2. The van der Waals surface area contributed by atoms with E-state index in [0.717, 1.165) is 11.1 Å². The van der Waals surface area contributed by atoms with E-state index in [4.69, 9.17) is 16.0 Å². The highest BCUT2D eigenvalue weighted by molar-refractivity contribution is 7.89. The van der Waals surface area contributed by atoms with Crippen LogP contribution in [-0.2, 0) is 32.7 Å². The second kappa shape index (κ2) is 13.4. The lowest BCUT2D eigenvalue weighted by Gasteiger charge is -2.21. The number of sulfonamides is 1. The largest absolute Gasteiger partial charge is 0.459 e. The highest BCUT2D eigenvalue weighted by Gasteiger charge is 2.26. The minimum absolute atomic E-state index is 0.0575. The van der Waals surface area contributed by atoms with Crippen molar-refractivity contribution in [2.45, 2.75) is 37.8 Å². The SMILES string of the molecule is CC(C)c1ccc(NC(=O)C(=O)N/N=C/c2ccc(CN(Cc3ccc(Cl)cc3)S(=O)(=O)c3ccccc3)o2)cc1. The summed E-state index contributed by atoms with van der Waals surface area (Å²) >= 11 is 5.99. The van der Waals surface area contributed by atoms with Crippen LogP contribution in [0.25, 0.3) is 0 Å². The number of benzene rings is 3. The number of hydrogen-bond donors (Lipinski definition) is 2. The van der Waals surface area contributed by atoms with Gasteiger partial charge in [0.05, 0.1) is 17.7 Å². The van der Waals surface area contributed by atoms with Gasteiger partial charge in [0, 0.05) is 17.3 Å². The van der Waals surface area contributed by atoms with Crippen LogP contribution in [0.1, 0.15) is 42.4 Å². The van der Waals surface area contributed by atoms with Crippen molar-refractivity contribution in [3.8, 4) is 0 Å². The number of amides is 2. The fourth-order valence-electron chi connectivity index (χ4n) is 3.83. The van der Waals surface area contributed by atoms with Gasteiger partial charge in [-0.05, 0) is 65.6 Å². The van der Waals surface area contributed by atoms with Gasteiger partial charge in [-0.3, -0.25) is 9.59 Å². The third kappa shape index (κ3) is 8.14. The average molecular weight is 593 g/mol. The van der Waals surface area contributed by atoms with Gasteiger partial charge in [0.25, 0.3) is 0 Å². The Morgan fingerprint density at radius 1 is 0.902 bits per heavy atom. The molecule has 0 fully saturated rings. The summed E-state index contributed by atoms with van der Waals surface area (Å²) in [5, 5.41) is 6.84. The molecule has 0 bridgehead atoms. The van der Waals surface area contributed by atoms with Gasteiger partial charge in [0.2, 0.25) is 10.0 Å². The topological polar surface area (TPSA) is 121 Å². The Morgan fingerprint density at radius 2 is 1.59 bits per heavy atom. The van der Waals surface area contributed by atoms with Crippen LogP contribution in [0.3, 0.4) is 0 Å². The summed E-state index contributed by atoms with van der Waals surface area (Å²) in [4.78, 5) is 24.5. The van der Waals surface area contributed by atoms with Crippen molar-refractivity contribution in [1.82, 2.24) is 9.73 Å². The number of hydrazone groups is 1. The standard InChI is InChI=1S/C30H29ClN4O5S/c1-21(2)23-10-14-25(15-11-23)33-29(36)30(37)34-32-18-26-16-17-27(40-26)20-35(19-22-8-12-24(31)13-9-22)41(38,39)28-6-4-3-5-7-28/h3-18,21H,19-20H2,1-2H3,(H,33,36)(H,34,37)/b32-18+. The van der Waals surface area contributed by atoms with E-state index in [1.54, 1.807) is 66.7 Å². The molecule has 212 valence electrons. The molecule has 4 aromatic rings. The lowest BCUT2D eigenvalue weighted by molar-refractivity contribution is -0.136. The fraction of sp³-hybridized carbons (Fsp3) is 0.167. The van der Waals surface area contributed by atoms with E-state index in [9.17, 15) is 18.0 Å². The van der Waals surface area contributed by atoms with Crippen molar-refractivity contribution < 1.29 is 22.4 Å². The first-order valence-electron chi connectivity index (χ1n) is 12.7. The molecule has 1 aromatic heterocycles. The van der Waals surface area contributed by atoms with E-state index in [2.05, 4.69) is 29.7 Å². The summed E-state index contributed by atoms with van der Waals surface area (Å²) in [5.74, 6) is -0.866. The van der Waals surface area contributed by atoms with Crippen LogP contribution in [0.15, 0.2) is 105 Å². The third-order valence-electron chi connectivity index (χ3n) is 6.07. The highest BCUT2D eigenvalue weighted by Crippen LogP contribution is 2.23. The predicted molar refractivity (Wildman–Crippen MR) is 158 cm³/mol. The number of nitrogens with one attached hydrogen (secondary N) is 2. The van der Waals surface area contributed by atoms with E-state index < -0.39 is 21.8 Å². The van der Waals surface area contributed by atoms with Crippen LogP contribution in [0, 0.1) is 0 Å². The van der Waals surface area contributed by atoms with E-state index >= 15 is 0 Å². The summed E-state index contributed by atoms with van der Waals surface area (Å²) in [6, 6.07) is 25.4. The molecule has 9 nitrogen and oxygen atoms in total. The third-order valence-corrected chi connectivity index (χ3v) is 8.13. The zero-order chi connectivity index (χ0) is 29.4. The summed E-state index contributed by atoms with van der Waals surface area (Å²) in [6.45, 7) is 4.15. The second-order valence-corrected chi connectivity index (χ2v) is 11.8. The van der Waals surface area contributed by atoms with Gasteiger partial charge >= 0.3 is 11.8 Å². The molecule has 1 heterocycles. The molecular weight excluding hydrogens is 564 g/mol. The summed E-state index contributed by atoms with van der Waals surface area (Å²) in [5.41, 5.74) is 4.50. The molecule has 2 amide bonds. The smallest absolute Gasteiger partial charge is 0.329 e. The molecule has 0 aliphatic heterocycles. The van der Waals surface area contributed by atoms with Crippen LogP contribution in [0.5, 0.6) is 0 Å². The molecule has 0 radical (unpaired) electrons. The van der Waals surface area contributed by atoms with Crippen LogP contribution < -0.4 is 10.7 Å². The molecule has 3 aromatic carbocycles. The van der Waals surface area contributed by atoms with E-state index in [-0.39, 0.29) is 23.7 Å². The molecular formula is C30H29ClN4O5S. The zero-order valence-electron chi connectivity index (χ0n) is 22.5. The minimum Gasteiger partial charge on any atom is -0.459 e. The molecule has 0 unspecified atom stereocenters. The molecule has 0 spiro atoms. The van der Waals surface area contributed by atoms with Gasteiger partial charge in [0.15, 0.2) is 0 Å². The second-order valence-electron chi connectivity index (χ2n) is 9.45. The van der Waals surface area contributed by atoms with Gasteiger partial charge in [-0.2, -0.15) is 9.41 Å². The van der Waals surface area contributed by atoms with Crippen molar-refractivity contribution in [1.29, 1.82) is 0 Å². The van der Waals surface area contributed by atoms with Crippen molar-refractivity contribution in [3.05, 3.63) is 119 Å². The summed E-state index contributed by atoms with van der Waals surface area (Å²) in [7, 11) is -3.86. The first-order valence-corrected chi connectivity index (χ1v) is 14.6. The maximum absolute atomic E-state index is 13.4. The highest BCUT2D eigenvalue weighted by atomic mass is 35.5. The fourth-order valence-corrected chi connectivity index (χ4v) is 5.37. The molecule has 0 saturated heterocycles. The molecule has 0 aliphatic carbocycles. The van der Waals surface area contributed by atoms with Crippen molar-refractivity contribution >= 4 is 45.3 Å². The van der Waals surface area contributed by atoms with Crippen LogP contribution in [0.2, 0.25) is 5.02 Å². The van der Waals surface area contributed by atoms with E-state index in [0.29, 0.717) is 22.4 Å². The molecule has 2 N–H and O–H groups in total. The molecule has 41 heavy (non-hydrogen) atoms. The Bertz CT molecular complexity index is 1620. The van der Waals surface area contributed by atoms with Gasteiger partial charge in [-0.15, -0.1) is 0 Å².